The molecule has 8 heteroatoms. The van der Waals surface area contributed by atoms with Crippen molar-refractivity contribution in [3.05, 3.63) is 64.7 Å². The van der Waals surface area contributed by atoms with Crippen LogP contribution in [0.1, 0.15) is 57.8 Å². The van der Waals surface area contributed by atoms with Gasteiger partial charge in [0, 0.05) is 35.5 Å². The summed E-state index contributed by atoms with van der Waals surface area (Å²) in [5.74, 6) is 1.00. The number of nitrogens with one attached hydrogen (secondary N) is 1. The minimum absolute atomic E-state index is 0.0577. The monoisotopic (exact) mass is 540 g/mol. The molecule has 3 heterocycles. The second-order valence-corrected chi connectivity index (χ2v) is 12.0. The van der Waals surface area contributed by atoms with E-state index in [-0.39, 0.29) is 42.5 Å². The molecule has 0 saturated carbocycles. The molecule has 2 aromatic carbocycles. The number of ether oxygens (including phenoxy) is 3. The van der Waals surface area contributed by atoms with Gasteiger partial charge in [-0.2, -0.15) is 0 Å². The second-order valence-electron chi connectivity index (χ2n) is 11.6. The van der Waals surface area contributed by atoms with Crippen molar-refractivity contribution in [1.82, 2.24) is 10.2 Å². The summed E-state index contributed by atoms with van der Waals surface area (Å²) in [5.41, 5.74) is 1.50. The summed E-state index contributed by atoms with van der Waals surface area (Å²) >= 11 is 6.32. The number of carbonyl (C=O) groups excluding carboxylic acids is 2. The van der Waals surface area contributed by atoms with Gasteiger partial charge in [0.1, 0.15) is 24.0 Å². The molecule has 0 aliphatic carbocycles. The van der Waals surface area contributed by atoms with Gasteiger partial charge in [-0.1, -0.05) is 55.8 Å². The predicted molar refractivity (Wildman–Crippen MR) is 145 cm³/mol. The third-order valence-electron chi connectivity index (χ3n) is 8.18. The lowest BCUT2D eigenvalue weighted by molar-refractivity contribution is -0.189. The van der Waals surface area contributed by atoms with Crippen LogP contribution in [0.25, 0.3) is 0 Å². The molecular formula is C30H37ClN2O5. The van der Waals surface area contributed by atoms with Gasteiger partial charge < -0.3 is 24.4 Å². The molecule has 2 aromatic rings. The molecule has 0 bridgehead atoms. The number of likely N-dealkylation sites (tertiary alicyclic amines) is 1. The van der Waals surface area contributed by atoms with E-state index in [1.807, 2.05) is 67.3 Å². The molecular weight excluding hydrogens is 504 g/mol. The number of benzene rings is 2. The zero-order valence-electron chi connectivity index (χ0n) is 22.5. The van der Waals surface area contributed by atoms with Crippen molar-refractivity contribution in [2.24, 2.45) is 17.8 Å². The van der Waals surface area contributed by atoms with E-state index in [2.05, 4.69) is 19.2 Å². The van der Waals surface area contributed by atoms with Gasteiger partial charge in [0.2, 0.25) is 5.91 Å². The zero-order chi connectivity index (χ0) is 27.0. The highest BCUT2D eigenvalue weighted by Gasteiger charge is 2.52. The van der Waals surface area contributed by atoms with Crippen LogP contribution in [-0.4, -0.2) is 47.7 Å². The lowest BCUT2D eigenvalue weighted by Gasteiger charge is -2.53. The van der Waals surface area contributed by atoms with Crippen LogP contribution in [-0.2, 0) is 20.9 Å². The summed E-state index contributed by atoms with van der Waals surface area (Å²) in [6, 6.07) is 14.6. The summed E-state index contributed by atoms with van der Waals surface area (Å²) in [7, 11) is 0. The average molecular weight is 541 g/mol. The minimum Gasteiger partial charge on any atom is -0.487 e. The number of rotatable bonds is 5. The molecule has 7 nitrogen and oxygen atoms in total. The summed E-state index contributed by atoms with van der Waals surface area (Å²) in [5, 5.41) is 3.49. The van der Waals surface area contributed by atoms with Crippen molar-refractivity contribution in [1.29, 1.82) is 0 Å². The number of alkyl carbamates (subject to hydrolysis) is 1. The summed E-state index contributed by atoms with van der Waals surface area (Å²) in [6.45, 7) is 9.43. The van der Waals surface area contributed by atoms with E-state index in [0.717, 1.165) is 29.7 Å². The Morgan fingerprint density at radius 3 is 2.68 bits per heavy atom. The third-order valence-corrected chi connectivity index (χ3v) is 8.42. The molecule has 0 radical (unpaired) electrons. The van der Waals surface area contributed by atoms with Gasteiger partial charge in [-0.05, 0) is 56.4 Å². The second kappa shape index (κ2) is 10.8. The fourth-order valence-corrected chi connectivity index (χ4v) is 6.26. The molecule has 0 aromatic heterocycles. The van der Waals surface area contributed by atoms with Gasteiger partial charge >= 0.3 is 6.09 Å². The van der Waals surface area contributed by atoms with E-state index in [1.165, 1.54) is 0 Å². The van der Waals surface area contributed by atoms with Crippen LogP contribution in [0.2, 0.25) is 5.02 Å². The topological polar surface area (TPSA) is 77.1 Å². The SMILES string of the molecule is CC(C)[C@H](NC(=O)OCc1ccccc1)C(=O)N1CC[C@H]2O[C@H]3c4cc(Cl)ccc4OC(C)(C)[C@@H]3C[C@H]2C1. The Morgan fingerprint density at radius 2 is 1.95 bits per heavy atom. The molecule has 0 spiro atoms. The van der Waals surface area contributed by atoms with E-state index < -0.39 is 17.7 Å². The fourth-order valence-electron chi connectivity index (χ4n) is 6.08. The summed E-state index contributed by atoms with van der Waals surface area (Å²) in [4.78, 5) is 28.0. The molecule has 2 saturated heterocycles. The number of hydrogen-bond acceptors (Lipinski definition) is 5. The zero-order valence-corrected chi connectivity index (χ0v) is 23.2. The highest BCUT2D eigenvalue weighted by Crippen LogP contribution is 2.53. The van der Waals surface area contributed by atoms with Crippen LogP contribution in [0.15, 0.2) is 48.5 Å². The third kappa shape index (κ3) is 5.50. The largest absolute Gasteiger partial charge is 0.487 e. The Kier molecular flexibility index (Phi) is 7.60. The molecule has 2 fully saturated rings. The molecule has 38 heavy (non-hydrogen) atoms. The first-order chi connectivity index (χ1) is 18.1. The lowest BCUT2D eigenvalue weighted by Crippen LogP contribution is -2.58. The van der Waals surface area contributed by atoms with Crippen molar-refractivity contribution in [3.63, 3.8) is 0 Å². The summed E-state index contributed by atoms with van der Waals surface area (Å²) < 4.78 is 18.5. The standard InChI is InChI=1S/C30H37ClN2O5/c1-18(2)26(32-29(35)36-17-19-8-6-5-7-9-19)28(34)33-13-12-24-20(16-33)14-23-27(37-24)22-15-21(31)10-11-25(22)38-30(23,3)4/h5-11,15,18,20,23-24,26-27H,12-14,16-17H2,1-4H3,(H,32,35)/t20-,23+,24+,26-,27-/m0/s1. The van der Waals surface area contributed by atoms with Crippen molar-refractivity contribution in [2.45, 2.75) is 71.0 Å². The maximum Gasteiger partial charge on any atom is 0.408 e. The van der Waals surface area contributed by atoms with Gasteiger partial charge in [0.15, 0.2) is 0 Å². The average Bonchev–Trinajstić information content (AvgIpc) is 2.90. The Balaban J connectivity index is 1.24. The Morgan fingerprint density at radius 1 is 1.18 bits per heavy atom. The van der Waals surface area contributed by atoms with E-state index in [1.54, 1.807) is 0 Å². The maximum atomic E-state index is 13.6. The van der Waals surface area contributed by atoms with Crippen molar-refractivity contribution >= 4 is 23.6 Å². The van der Waals surface area contributed by atoms with Crippen LogP contribution < -0.4 is 10.1 Å². The number of fused-ring (bicyclic) bond motifs is 4. The first-order valence-corrected chi connectivity index (χ1v) is 13.9. The first kappa shape index (κ1) is 26.8. The van der Waals surface area contributed by atoms with E-state index in [4.69, 9.17) is 25.8 Å². The maximum absolute atomic E-state index is 13.6. The number of piperidine rings is 1. The fraction of sp³-hybridized carbons (Fsp3) is 0.533. The molecule has 5 atom stereocenters. The normalized spacial score (nSPS) is 26.3. The number of carbonyl (C=O) groups is 2. The molecule has 204 valence electrons. The lowest BCUT2D eigenvalue weighted by atomic mass is 9.70. The van der Waals surface area contributed by atoms with Crippen molar-refractivity contribution in [2.75, 3.05) is 13.1 Å². The molecule has 5 rings (SSSR count). The van der Waals surface area contributed by atoms with Crippen molar-refractivity contribution in [3.8, 4) is 5.75 Å². The number of halogens is 1. The highest BCUT2D eigenvalue weighted by atomic mass is 35.5. The van der Waals surface area contributed by atoms with Gasteiger partial charge in [-0.3, -0.25) is 4.79 Å². The number of nitrogens with zero attached hydrogens (tertiary/aromatic N) is 1. The molecule has 3 aliphatic rings. The van der Waals surface area contributed by atoms with Crippen LogP contribution in [0.5, 0.6) is 5.75 Å². The van der Waals surface area contributed by atoms with Gasteiger partial charge in [0.25, 0.3) is 0 Å². The van der Waals surface area contributed by atoms with E-state index in [9.17, 15) is 9.59 Å². The van der Waals surface area contributed by atoms with E-state index >= 15 is 0 Å². The van der Waals surface area contributed by atoms with Gasteiger partial charge in [0.05, 0.1) is 12.2 Å². The molecule has 0 unspecified atom stereocenters. The quantitative estimate of drug-likeness (QED) is 0.522. The van der Waals surface area contributed by atoms with Crippen LogP contribution in [0, 0.1) is 17.8 Å². The van der Waals surface area contributed by atoms with Crippen LogP contribution in [0.4, 0.5) is 4.79 Å². The van der Waals surface area contributed by atoms with Crippen LogP contribution in [0.3, 0.4) is 0 Å². The summed E-state index contributed by atoms with van der Waals surface area (Å²) in [6.07, 6.45) is 1.03. The highest BCUT2D eigenvalue weighted by molar-refractivity contribution is 6.30. The van der Waals surface area contributed by atoms with E-state index in [0.29, 0.717) is 18.1 Å². The Labute approximate surface area is 229 Å². The number of hydrogen-bond donors (Lipinski definition) is 1. The Bertz CT molecular complexity index is 1170. The number of amides is 2. The van der Waals surface area contributed by atoms with Crippen LogP contribution >= 0.6 is 11.6 Å². The Hall–Kier alpha value is -2.77. The molecule has 2 amide bonds. The van der Waals surface area contributed by atoms with Crippen molar-refractivity contribution < 1.29 is 23.8 Å². The van der Waals surface area contributed by atoms with Gasteiger partial charge in [-0.25, -0.2) is 4.79 Å². The first-order valence-electron chi connectivity index (χ1n) is 13.5. The smallest absolute Gasteiger partial charge is 0.408 e. The minimum atomic E-state index is -0.657. The molecule has 1 N–H and O–H groups in total. The van der Waals surface area contributed by atoms with Gasteiger partial charge in [-0.15, -0.1) is 0 Å². The molecule has 3 aliphatic heterocycles. The predicted octanol–water partition coefficient (Wildman–Crippen LogP) is 5.76.